The molecule has 1 aromatic carbocycles. The lowest BCUT2D eigenvalue weighted by atomic mass is 10.0. The fraction of sp³-hybridized carbons (Fsp3) is 0.632. The monoisotopic (exact) mass is 381 g/mol. The first-order valence-corrected chi connectivity index (χ1v) is 9.86. The van der Waals surface area contributed by atoms with Crippen LogP contribution in [-0.4, -0.2) is 35.5 Å². The molecule has 1 aromatic rings. The molecule has 0 spiro atoms. The summed E-state index contributed by atoms with van der Waals surface area (Å²) in [4.78, 5) is 14.0. The maximum absolute atomic E-state index is 12.0. The molecule has 23 heavy (non-hydrogen) atoms. The summed E-state index contributed by atoms with van der Waals surface area (Å²) in [6.07, 6.45) is 7.01. The first kappa shape index (κ1) is 18.3. The number of halogens is 1. The highest BCUT2D eigenvalue weighted by Crippen LogP contribution is 2.21. The van der Waals surface area contributed by atoms with Gasteiger partial charge in [0.15, 0.2) is 0 Å². The van der Waals surface area contributed by atoms with Crippen molar-refractivity contribution in [1.82, 2.24) is 4.90 Å². The van der Waals surface area contributed by atoms with E-state index < -0.39 is 0 Å². The zero-order valence-electron chi connectivity index (χ0n) is 14.0. The van der Waals surface area contributed by atoms with Crippen LogP contribution in [0, 0.1) is 5.92 Å². The fourth-order valence-electron chi connectivity index (χ4n) is 3.14. The Morgan fingerprint density at radius 2 is 1.96 bits per heavy atom. The summed E-state index contributed by atoms with van der Waals surface area (Å²) in [6.45, 7) is 3.58. The summed E-state index contributed by atoms with van der Waals surface area (Å²) in [5.74, 6) is 0.530. The van der Waals surface area contributed by atoms with Crippen LogP contribution in [-0.2, 0) is 11.2 Å². The lowest BCUT2D eigenvalue weighted by molar-refractivity contribution is 0.152. The molecule has 0 radical (unpaired) electrons. The standard InChI is InChI=1S/C19H28BrNO2/c1-16(9-5-2-3-8-12-20)14-21-18(15-23-19(21)22)13-17-10-6-4-7-11-17/h4,6-7,10-11,16,18H,2-3,5,8-9,12-15H2,1H3. The molecule has 1 aliphatic heterocycles. The van der Waals surface area contributed by atoms with Gasteiger partial charge in [0.1, 0.15) is 6.61 Å². The van der Waals surface area contributed by atoms with Crippen LogP contribution in [0.1, 0.15) is 44.6 Å². The second-order valence-electron chi connectivity index (χ2n) is 6.57. The van der Waals surface area contributed by atoms with Crippen molar-refractivity contribution in [1.29, 1.82) is 0 Å². The molecule has 0 bridgehead atoms. The molecular formula is C19H28BrNO2. The van der Waals surface area contributed by atoms with Crippen LogP contribution in [0.25, 0.3) is 0 Å². The molecule has 1 fully saturated rings. The van der Waals surface area contributed by atoms with Gasteiger partial charge < -0.3 is 9.64 Å². The highest BCUT2D eigenvalue weighted by Gasteiger charge is 2.33. The molecule has 2 atom stereocenters. The first-order valence-electron chi connectivity index (χ1n) is 8.74. The number of carbonyl (C=O) groups excluding carboxylic acids is 1. The molecule has 2 rings (SSSR count). The number of carbonyl (C=O) groups is 1. The third-order valence-electron chi connectivity index (χ3n) is 4.48. The summed E-state index contributed by atoms with van der Waals surface area (Å²) < 4.78 is 5.29. The van der Waals surface area contributed by atoms with Gasteiger partial charge >= 0.3 is 6.09 Å². The van der Waals surface area contributed by atoms with Crippen molar-refractivity contribution in [2.75, 3.05) is 18.5 Å². The molecule has 3 nitrogen and oxygen atoms in total. The SMILES string of the molecule is CC(CCCCCCBr)CN1C(=O)OCC1Cc1ccccc1. The Kier molecular flexibility index (Phi) is 7.93. The number of hydrogen-bond donors (Lipinski definition) is 0. The number of unbranched alkanes of at least 4 members (excludes halogenated alkanes) is 3. The Balaban J connectivity index is 1.78. The molecule has 128 valence electrons. The van der Waals surface area contributed by atoms with Crippen LogP contribution in [0.15, 0.2) is 30.3 Å². The van der Waals surface area contributed by atoms with Gasteiger partial charge in [-0.15, -0.1) is 0 Å². The van der Waals surface area contributed by atoms with Gasteiger partial charge in [0.25, 0.3) is 0 Å². The number of rotatable bonds is 10. The Labute approximate surface area is 148 Å². The molecule has 2 unspecified atom stereocenters. The van der Waals surface area contributed by atoms with Crippen molar-refractivity contribution in [3.8, 4) is 0 Å². The Morgan fingerprint density at radius 3 is 2.70 bits per heavy atom. The summed E-state index contributed by atoms with van der Waals surface area (Å²) in [7, 11) is 0. The lowest BCUT2D eigenvalue weighted by Gasteiger charge is -2.25. The van der Waals surface area contributed by atoms with Gasteiger partial charge in [-0.2, -0.15) is 0 Å². The van der Waals surface area contributed by atoms with E-state index in [9.17, 15) is 4.79 Å². The van der Waals surface area contributed by atoms with Crippen molar-refractivity contribution in [3.63, 3.8) is 0 Å². The maximum Gasteiger partial charge on any atom is 0.410 e. The van der Waals surface area contributed by atoms with Gasteiger partial charge in [-0.3, -0.25) is 0 Å². The smallest absolute Gasteiger partial charge is 0.410 e. The summed E-state index contributed by atoms with van der Waals surface area (Å²) in [5, 5.41) is 1.10. The van der Waals surface area contributed by atoms with E-state index in [1.165, 1.54) is 37.7 Å². The van der Waals surface area contributed by atoms with Crippen LogP contribution < -0.4 is 0 Å². The van der Waals surface area contributed by atoms with Gasteiger partial charge in [0, 0.05) is 11.9 Å². The minimum Gasteiger partial charge on any atom is -0.447 e. The van der Waals surface area contributed by atoms with Gasteiger partial charge in [-0.1, -0.05) is 72.4 Å². The molecule has 1 saturated heterocycles. The van der Waals surface area contributed by atoms with Crippen LogP contribution in [0.3, 0.4) is 0 Å². The third kappa shape index (κ3) is 6.17. The summed E-state index contributed by atoms with van der Waals surface area (Å²) >= 11 is 3.47. The number of alkyl halides is 1. The topological polar surface area (TPSA) is 29.5 Å². The first-order chi connectivity index (χ1) is 11.2. The lowest BCUT2D eigenvalue weighted by Crippen LogP contribution is -2.38. The average molecular weight is 382 g/mol. The Morgan fingerprint density at radius 1 is 1.22 bits per heavy atom. The molecule has 1 amide bonds. The van der Waals surface area contributed by atoms with Gasteiger partial charge in [-0.25, -0.2) is 4.79 Å². The van der Waals surface area contributed by atoms with Crippen LogP contribution in [0.2, 0.25) is 0 Å². The molecule has 0 aromatic heterocycles. The number of nitrogens with zero attached hydrogens (tertiary/aromatic N) is 1. The molecule has 0 aliphatic carbocycles. The molecule has 0 saturated carbocycles. The third-order valence-corrected chi connectivity index (χ3v) is 5.04. The summed E-state index contributed by atoms with van der Waals surface area (Å²) in [6, 6.07) is 10.5. The van der Waals surface area contributed by atoms with Crippen molar-refractivity contribution in [3.05, 3.63) is 35.9 Å². The van der Waals surface area contributed by atoms with Gasteiger partial charge in [0.2, 0.25) is 0 Å². The summed E-state index contributed by atoms with van der Waals surface area (Å²) in [5.41, 5.74) is 1.27. The zero-order valence-corrected chi connectivity index (χ0v) is 15.6. The highest BCUT2D eigenvalue weighted by atomic mass is 79.9. The van der Waals surface area contributed by atoms with E-state index in [0.29, 0.717) is 12.5 Å². The largest absolute Gasteiger partial charge is 0.447 e. The van der Waals surface area contributed by atoms with Crippen LogP contribution >= 0.6 is 15.9 Å². The molecule has 4 heteroatoms. The van der Waals surface area contributed by atoms with Crippen molar-refractivity contribution in [2.24, 2.45) is 5.92 Å². The molecule has 1 heterocycles. The Hall–Kier alpha value is -1.03. The van der Waals surface area contributed by atoms with E-state index >= 15 is 0 Å². The minimum atomic E-state index is -0.142. The predicted octanol–water partition coefficient (Wildman–Crippen LogP) is 5.03. The molecule has 0 N–H and O–H groups in total. The minimum absolute atomic E-state index is 0.142. The van der Waals surface area contributed by atoms with Crippen molar-refractivity contribution < 1.29 is 9.53 Å². The zero-order chi connectivity index (χ0) is 16.5. The number of ether oxygens (including phenoxy) is 1. The molecular weight excluding hydrogens is 354 g/mol. The number of hydrogen-bond acceptors (Lipinski definition) is 2. The van der Waals surface area contributed by atoms with E-state index in [1.54, 1.807) is 0 Å². The fourth-order valence-corrected chi connectivity index (χ4v) is 3.53. The van der Waals surface area contributed by atoms with E-state index in [4.69, 9.17) is 4.74 Å². The highest BCUT2D eigenvalue weighted by molar-refractivity contribution is 9.09. The maximum atomic E-state index is 12.0. The second-order valence-corrected chi connectivity index (χ2v) is 7.36. The van der Waals surface area contributed by atoms with Crippen molar-refractivity contribution >= 4 is 22.0 Å². The van der Waals surface area contributed by atoms with Gasteiger partial charge in [0.05, 0.1) is 6.04 Å². The predicted molar refractivity (Wildman–Crippen MR) is 98.0 cm³/mol. The van der Waals surface area contributed by atoms with Crippen molar-refractivity contribution in [2.45, 2.75) is 51.5 Å². The second kappa shape index (κ2) is 9.96. The number of amides is 1. The van der Waals surface area contributed by atoms with E-state index in [1.807, 2.05) is 23.1 Å². The molecule has 1 aliphatic rings. The number of benzene rings is 1. The van der Waals surface area contributed by atoms with Gasteiger partial charge in [-0.05, 0) is 30.7 Å². The average Bonchev–Trinajstić information content (AvgIpc) is 2.89. The van der Waals surface area contributed by atoms with E-state index in [-0.39, 0.29) is 12.1 Å². The normalized spacial score (nSPS) is 19.0. The van der Waals surface area contributed by atoms with Crippen LogP contribution in [0.5, 0.6) is 0 Å². The van der Waals surface area contributed by atoms with Crippen LogP contribution in [0.4, 0.5) is 4.79 Å². The van der Waals surface area contributed by atoms with E-state index in [0.717, 1.165) is 18.3 Å². The Bertz CT molecular complexity index is 466. The quantitative estimate of drug-likeness (QED) is 0.420. The number of cyclic esters (lactones) is 1. The van der Waals surface area contributed by atoms with E-state index in [2.05, 4.69) is 35.0 Å².